The van der Waals surface area contributed by atoms with Gasteiger partial charge in [0.05, 0.1) is 13.2 Å². The highest BCUT2D eigenvalue weighted by Gasteiger charge is 2.22. The van der Waals surface area contributed by atoms with Crippen LogP contribution >= 0.6 is 11.3 Å². The number of nitrogens with one attached hydrogen (secondary N) is 1. The summed E-state index contributed by atoms with van der Waals surface area (Å²) in [5, 5.41) is 12.1. The van der Waals surface area contributed by atoms with Gasteiger partial charge in [-0.05, 0) is 42.2 Å². The van der Waals surface area contributed by atoms with E-state index in [1.54, 1.807) is 6.20 Å². The number of carbonyl (C=O) groups is 1. The molecule has 4 rings (SSSR count). The summed E-state index contributed by atoms with van der Waals surface area (Å²) in [6.07, 6.45) is 3.54. The van der Waals surface area contributed by atoms with E-state index in [9.17, 15) is 4.79 Å². The average molecular weight is 426 g/mol. The van der Waals surface area contributed by atoms with Gasteiger partial charge in [0.15, 0.2) is 0 Å². The summed E-state index contributed by atoms with van der Waals surface area (Å²) in [7, 11) is 0. The summed E-state index contributed by atoms with van der Waals surface area (Å²) in [5.74, 6) is 1.17. The number of carbonyl (C=O) groups excluding carboxylic acids is 1. The van der Waals surface area contributed by atoms with Crippen LogP contribution in [0.1, 0.15) is 28.5 Å². The SMILES string of the molecule is N[C@@H](CO)C(=O)NCc1cnc(Oc2ccc3c(c2)CCC(c2ccccc2)O3)s1. The molecule has 0 spiro atoms. The van der Waals surface area contributed by atoms with Crippen LogP contribution in [0.2, 0.25) is 0 Å². The van der Waals surface area contributed by atoms with Crippen molar-refractivity contribution < 1.29 is 19.4 Å². The van der Waals surface area contributed by atoms with Gasteiger partial charge in [-0.2, -0.15) is 0 Å². The molecule has 0 saturated carbocycles. The molecule has 1 aromatic heterocycles. The molecule has 0 radical (unpaired) electrons. The van der Waals surface area contributed by atoms with Gasteiger partial charge in [-0.1, -0.05) is 41.7 Å². The number of rotatable bonds is 7. The van der Waals surface area contributed by atoms with E-state index in [-0.39, 0.29) is 12.6 Å². The van der Waals surface area contributed by atoms with Crippen LogP contribution < -0.4 is 20.5 Å². The number of benzene rings is 2. The Labute approximate surface area is 178 Å². The van der Waals surface area contributed by atoms with Gasteiger partial charge >= 0.3 is 0 Å². The third-order valence-corrected chi connectivity index (χ3v) is 5.73. The molecule has 4 N–H and O–H groups in total. The number of hydrogen-bond donors (Lipinski definition) is 3. The molecule has 2 atom stereocenters. The summed E-state index contributed by atoms with van der Waals surface area (Å²) in [6, 6.07) is 15.1. The van der Waals surface area contributed by atoms with Crippen molar-refractivity contribution in [1.82, 2.24) is 10.3 Å². The Morgan fingerprint density at radius 3 is 2.97 bits per heavy atom. The maximum absolute atomic E-state index is 11.6. The Balaban J connectivity index is 1.37. The van der Waals surface area contributed by atoms with E-state index in [2.05, 4.69) is 22.4 Å². The number of nitrogens with zero attached hydrogens (tertiary/aromatic N) is 1. The van der Waals surface area contributed by atoms with E-state index >= 15 is 0 Å². The molecule has 1 amide bonds. The molecule has 0 bridgehead atoms. The molecule has 2 aromatic carbocycles. The van der Waals surface area contributed by atoms with Crippen molar-refractivity contribution in [2.45, 2.75) is 31.5 Å². The number of hydrogen-bond acceptors (Lipinski definition) is 7. The lowest BCUT2D eigenvalue weighted by Gasteiger charge is -2.26. The van der Waals surface area contributed by atoms with Gasteiger partial charge in [0.25, 0.3) is 5.19 Å². The minimum absolute atomic E-state index is 0.0705. The molecule has 0 aliphatic carbocycles. The molecule has 30 heavy (non-hydrogen) atoms. The number of nitrogens with two attached hydrogens (primary N) is 1. The number of amides is 1. The van der Waals surface area contributed by atoms with Crippen LogP contribution in [0.5, 0.6) is 16.7 Å². The predicted octanol–water partition coefficient (Wildman–Crippen LogP) is 2.94. The van der Waals surface area contributed by atoms with E-state index in [1.165, 1.54) is 16.9 Å². The second kappa shape index (κ2) is 9.25. The van der Waals surface area contributed by atoms with Crippen molar-refractivity contribution in [2.75, 3.05) is 6.61 Å². The Morgan fingerprint density at radius 2 is 2.17 bits per heavy atom. The van der Waals surface area contributed by atoms with Crippen molar-refractivity contribution in [3.05, 3.63) is 70.7 Å². The largest absolute Gasteiger partial charge is 0.485 e. The first-order chi connectivity index (χ1) is 14.6. The minimum atomic E-state index is -0.923. The highest BCUT2D eigenvalue weighted by Crippen LogP contribution is 2.37. The third-order valence-electron chi connectivity index (χ3n) is 4.86. The maximum Gasteiger partial charge on any atom is 0.278 e. The molecular formula is C22H23N3O4S. The molecular weight excluding hydrogens is 402 g/mol. The fourth-order valence-electron chi connectivity index (χ4n) is 3.24. The number of fused-ring (bicyclic) bond motifs is 1. The molecule has 0 fully saturated rings. The summed E-state index contributed by atoms with van der Waals surface area (Å²) < 4.78 is 12.1. The fourth-order valence-corrected chi connectivity index (χ4v) is 3.96. The first-order valence-electron chi connectivity index (χ1n) is 9.73. The maximum atomic E-state index is 11.6. The molecule has 2 heterocycles. The van der Waals surface area contributed by atoms with E-state index in [4.69, 9.17) is 20.3 Å². The Hall–Kier alpha value is -2.94. The summed E-state index contributed by atoms with van der Waals surface area (Å²) in [4.78, 5) is 16.7. The Bertz CT molecular complexity index is 1010. The van der Waals surface area contributed by atoms with Crippen molar-refractivity contribution in [2.24, 2.45) is 5.73 Å². The number of aliphatic hydroxyl groups excluding tert-OH is 1. The highest BCUT2D eigenvalue weighted by atomic mass is 32.1. The van der Waals surface area contributed by atoms with E-state index in [0.717, 1.165) is 29.0 Å². The zero-order chi connectivity index (χ0) is 20.9. The molecule has 1 aliphatic rings. The van der Waals surface area contributed by atoms with E-state index in [1.807, 2.05) is 36.4 Å². The second-order valence-corrected chi connectivity index (χ2v) is 8.10. The van der Waals surface area contributed by atoms with Crippen LogP contribution in [0.15, 0.2) is 54.7 Å². The number of ether oxygens (including phenoxy) is 2. The van der Waals surface area contributed by atoms with Gasteiger partial charge in [-0.25, -0.2) is 4.98 Å². The highest BCUT2D eigenvalue weighted by molar-refractivity contribution is 7.13. The molecule has 156 valence electrons. The average Bonchev–Trinajstić information content (AvgIpc) is 3.24. The van der Waals surface area contributed by atoms with Crippen molar-refractivity contribution >= 4 is 17.2 Å². The van der Waals surface area contributed by atoms with Crippen LogP contribution in [-0.4, -0.2) is 28.6 Å². The van der Waals surface area contributed by atoms with Crippen molar-refractivity contribution in [3.8, 4) is 16.7 Å². The van der Waals surface area contributed by atoms with E-state index < -0.39 is 18.6 Å². The van der Waals surface area contributed by atoms with Crippen LogP contribution in [0.3, 0.4) is 0 Å². The lowest BCUT2D eigenvalue weighted by atomic mass is 9.97. The summed E-state index contributed by atoms with van der Waals surface area (Å²) >= 11 is 1.34. The molecule has 1 unspecified atom stereocenters. The number of aryl methyl sites for hydroxylation is 1. The van der Waals surface area contributed by atoms with Crippen molar-refractivity contribution in [3.63, 3.8) is 0 Å². The molecule has 3 aromatic rings. The molecule has 8 heteroatoms. The Morgan fingerprint density at radius 1 is 1.33 bits per heavy atom. The number of thiazole rings is 1. The normalized spacial score (nSPS) is 16.3. The smallest absolute Gasteiger partial charge is 0.278 e. The van der Waals surface area contributed by atoms with Gasteiger partial charge in [0.1, 0.15) is 23.6 Å². The standard InChI is InChI=1S/C22H23N3O4S/c23-18(13-26)21(27)24-11-17-12-25-22(30-17)28-16-7-9-20-15(10-16)6-8-19(29-20)14-4-2-1-3-5-14/h1-5,7,9-10,12,18-19,26H,6,8,11,13,23H2,(H,24,27)/t18-,19?/m0/s1. The van der Waals surface area contributed by atoms with Crippen molar-refractivity contribution in [1.29, 1.82) is 0 Å². The minimum Gasteiger partial charge on any atom is -0.485 e. The summed E-state index contributed by atoms with van der Waals surface area (Å²) in [5.41, 5.74) is 7.77. The van der Waals surface area contributed by atoms with Crippen LogP contribution in [0, 0.1) is 0 Å². The van der Waals surface area contributed by atoms with Gasteiger partial charge < -0.3 is 25.6 Å². The van der Waals surface area contributed by atoms with Crippen LogP contribution in [0.4, 0.5) is 0 Å². The lowest BCUT2D eigenvalue weighted by Crippen LogP contribution is -2.42. The van der Waals surface area contributed by atoms with Gasteiger partial charge in [-0.3, -0.25) is 4.79 Å². The van der Waals surface area contributed by atoms with Gasteiger partial charge in [-0.15, -0.1) is 0 Å². The summed E-state index contributed by atoms with van der Waals surface area (Å²) in [6.45, 7) is -0.108. The monoisotopic (exact) mass is 425 g/mol. The lowest BCUT2D eigenvalue weighted by molar-refractivity contribution is -0.123. The van der Waals surface area contributed by atoms with E-state index in [0.29, 0.717) is 10.9 Å². The zero-order valence-corrected chi connectivity index (χ0v) is 17.1. The quantitative estimate of drug-likeness (QED) is 0.537. The molecule has 7 nitrogen and oxygen atoms in total. The second-order valence-electron chi connectivity index (χ2n) is 7.03. The number of aromatic nitrogens is 1. The first kappa shape index (κ1) is 20.3. The fraction of sp³-hybridized carbons (Fsp3) is 0.273. The van der Waals surface area contributed by atoms with Crippen LogP contribution in [-0.2, 0) is 17.8 Å². The number of aliphatic hydroxyl groups is 1. The predicted molar refractivity (Wildman–Crippen MR) is 114 cm³/mol. The van der Waals surface area contributed by atoms with Crippen LogP contribution in [0.25, 0.3) is 0 Å². The first-order valence-corrected chi connectivity index (χ1v) is 10.6. The molecule has 1 aliphatic heterocycles. The Kier molecular flexibility index (Phi) is 6.27. The van der Waals surface area contributed by atoms with Gasteiger partial charge in [0, 0.05) is 11.1 Å². The topological polar surface area (TPSA) is 107 Å². The van der Waals surface area contributed by atoms with Gasteiger partial charge in [0.2, 0.25) is 5.91 Å². The zero-order valence-electron chi connectivity index (χ0n) is 16.3. The molecule has 0 saturated heterocycles. The third kappa shape index (κ3) is 4.79.